The molecular weight excluding hydrogens is 290 g/mol. The molecule has 0 saturated carbocycles. The number of esters is 2. The average Bonchev–Trinajstić information content (AvgIpc) is 2.52. The van der Waals surface area contributed by atoms with E-state index in [0.29, 0.717) is 17.9 Å². The van der Waals surface area contributed by atoms with Crippen molar-refractivity contribution in [1.82, 2.24) is 5.32 Å². The van der Waals surface area contributed by atoms with Crippen LogP contribution in [0.25, 0.3) is 0 Å². The maximum absolute atomic E-state index is 11.7. The number of benzene rings is 1. The Labute approximate surface area is 126 Å². The zero-order valence-corrected chi connectivity index (χ0v) is 12.1. The molecular formula is C14H15N3O5. The summed E-state index contributed by atoms with van der Waals surface area (Å²) in [7, 11) is 2.41. The Kier molecular flexibility index (Phi) is 4.62. The molecule has 0 radical (unpaired) electrons. The molecule has 22 heavy (non-hydrogen) atoms. The Morgan fingerprint density at radius 2 is 2.05 bits per heavy atom. The lowest BCUT2D eigenvalue weighted by Crippen LogP contribution is -2.33. The minimum Gasteiger partial charge on any atom is -0.466 e. The van der Waals surface area contributed by atoms with E-state index in [1.54, 1.807) is 18.2 Å². The van der Waals surface area contributed by atoms with Crippen LogP contribution in [0.5, 0.6) is 0 Å². The Balaban J connectivity index is 2.25. The van der Waals surface area contributed by atoms with E-state index in [0.717, 1.165) is 11.6 Å². The molecule has 0 atom stereocenters. The number of anilines is 2. The third kappa shape index (κ3) is 3.54. The fraction of sp³-hybridized carbons (Fsp3) is 0.214. The van der Waals surface area contributed by atoms with Crippen LogP contribution in [-0.2, 0) is 25.6 Å². The number of fused-ring (bicyclic) bond motifs is 1. The molecule has 0 bridgehead atoms. The highest BCUT2D eigenvalue weighted by molar-refractivity contribution is 5.99. The first kappa shape index (κ1) is 15.4. The summed E-state index contributed by atoms with van der Waals surface area (Å²) in [5.41, 5.74) is 1.97. The van der Waals surface area contributed by atoms with E-state index in [2.05, 4.69) is 25.4 Å². The van der Waals surface area contributed by atoms with Gasteiger partial charge in [-0.15, -0.1) is 0 Å². The molecule has 0 unspecified atom stereocenters. The van der Waals surface area contributed by atoms with E-state index in [4.69, 9.17) is 0 Å². The SMILES string of the molecule is COC(=O)/C=C(/Nc1ccc2c(c1)NC(=O)NC2)C(=O)OC. The van der Waals surface area contributed by atoms with E-state index in [1.807, 2.05) is 0 Å². The van der Waals surface area contributed by atoms with Gasteiger partial charge in [0.25, 0.3) is 0 Å². The van der Waals surface area contributed by atoms with Gasteiger partial charge in [-0.05, 0) is 17.7 Å². The minimum absolute atomic E-state index is 0.0745. The van der Waals surface area contributed by atoms with E-state index in [-0.39, 0.29) is 11.7 Å². The van der Waals surface area contributed by atoms with Gasteiger partial charge >= 0.3 is 18.0 Å². The van der Waals surface area contributed by atoms with E-state index in [9.17, 15) is 14.4 Å². The lowest BCUT2D eigenvalue weighted by atomic mass is 10.1. The molecule has 0 fully saturated rings. The van der Waals surface area contributed by atoms with Crippen LogP contribution >= 0.6 is 0 Å². The number of carbonyl (C=O) groups excluding carboxylic acids is 3. The number of carbonyl (C=O) groups is 3. The van der Waals surface area contributed by atoms with Crippen molar-refractivity contribution in [3.63, 3.8) is 0 Å². The predicted molar refractivity (Wildman–Crippen MR) is 78.0 cm³/mol. The lowest BCUT2D eigenvalue weighted by Gasteiger charge is -2.19. The Bertz CT molecular complexity index is 654. The zero-order chi connectivity index (χ0) is 16.1. The van der Waals surface area contributed by atoms with Gasteiger partial charge in [0.2, 0.25) is 0 Å². The molecule has 0 spiro atoms. The normalized spacial score (nSPS) is 13.4. The smallest absolute Gasteiger partial charge is 0.354 e. The first-order valence-electron chi connectivity index (χ1n) is 6.36. The third-order valence-electron chi connectivity index (χ3n) is 2.95. The fourth-order valence-corrected chi connectivity index (χ4v) is 1.86. The third-order valence-corrected chi connectivity index (χ3v) is 2.95. The van der Waals surface area contributed by atoms with Crippen LogP contribution in [0, 0.1) is 0 Å². The molecule has 8 heteroatoms. The highest BCUT2D eigenvalue weighted by atomic mass is 16.5. The van der Waals surface area contributed by atoms with Gasteiger partial charge in [-0.2, -0.15) is 0 Å². The van der Waals surface area contributed by atoms with Crippen molar-refractivity contribution in [3.8, 4) is 0 Å². The number of rotatable bonds is 4. The summed E-state index contributed by atoms with van der Waals surface area (Å²) in [5, 5.41) is 8.07. The Morgan fingerprint density at radius 3 is 2.73 bits per heavy atom. The molecule has 0 aromatic heterocycles. The van der Waals surface area contributed by atoms with Gasteiger partial charge < -0.3 is 25.4 Å². The van der Waals surface area contributed by atoms with Gasteiger partial charge in [-0.25, -0.2) is 14.4 Å². The maximum Gasteiger partial charge on any atom is 0.354 e. The number of methoxy groups -OCH3 is 2. The van der Waals surface area contributed by atoms with Crippen molar-refractivity contribution in [2.24, 2.45) is 0 Å². The van der Waals surface area contributed by atoms with Crippen LogP contribution in [0.3, 0.4) is 0 Å². The van der Waals surface area contributed by atoms with Gasteiger partial charge in [-0.3, -0.25) is 0 Å². The van der Waals surface area contributed by atoms with Crippen molar-refractivity contribution in [1.29, 1.82) is 0 Å². The predicted octanol–water partition coefficient (Wildman–Crippen LogP) is 0.963. The van der Waals surface area contributed by atoms with E-state index >= 15 is 0 Å². The fourth-order valence-electron chi connectivity index (χ4n) is 1.86. The summed E-state index contributed by atoms with van der Waals surface area (Å²) in [6, 6.07) is 4.86. The summed E-state index contributed by atoms with van der Waals surface area (Å²) < 4.78 is 9.09. The monoisotopic (exact) mass is 305 g/mol. The molecule has 116 valence electrons. The Hall–Kier alpha value is -3.03. The van der Waals surface area contributed by atoms with Crippen LogP contribution in [0.2, 0.25) is 0 Å². The molecule has 1 aliphatic heterocycles. The van der Waals surface area contributed by atoms with Gasteiger partial charge in [0.1, 0.15) is 5.70 Å². The minimum atomic E-state index is -0.714. The highest BCUT2D eigenvalue weighted by Gasteiger charge is 2.16. The molecule has 1 aromatic carbocycles. The molecule has 0 saturated heterocycles. The van der Waals surface area contributed by atoms with Crippen molar-refractivity contribution < 1.29 is 23.9 Å². The van der Waals surface area contributed by atoms with E-state index < -0.39 is 11.9 Å². The number of amides is 2. The maximum atomic E-state index is 11.7. The second-order valence-corrected chi connectivity index (χ2v) is 4.38. The number of ether oxygens (including phenoxy) is 2. The van der Waals surface area contributed by atoms with Gasteiger partial charge in [-0.1, -0.05) is 6.07 Å². The van der Waals surface area contributed by atoms with Crippen molar-refractivity contribution >= 4 is 29.3 Å². The van der Waals surface area contributed by atoms with Crippen LogP contribution < -0.4 is 16.0 Å². The van der Waals surface area contributed by atoms with Crippen molar-refractivity contribution in [2.45, 2.75) is 6.54 Å². The topological polar surface area (TPSA) is 106 Å². The molecule has 1 heterocycles. The summed E-state index contributed by atoms with van der Waals surface area (Å²) >= 11 is 0. The quantitative estimate of drug-likeness (QED) is 0.565. The largest absolute Gasteiger partial charge is 0.466 e. The molecule has 1 aliphatic rings. The first-order valence-corrected chi connectivity index (χ1v) is 6.36. The number of hydrogen-bond acceptors (Lipinski definition) is 6. The molecule has 3 N–H and O–H groups in total. The summed E-state index contributed by atoms with van der Waals surface area (Å²) in [5.74, 6) is -1.41. The summed E-state index contributed by atoms with van der Waals surface area (Å²) in [4.78, 5) is 34.3. The molecule has 8 nitrogen and oxygen atoms in total. The lowest BCUT2D eigenvalue weighted by molar-refractivity contribution is -0.138. The summed E-state index contributed by atoms with van der Waals surface area (Å²) in [6.07, 6.45) is 0.991. The number of nitrogens with one attached hydrogen (secondary N) is 3. The molecule has 0 aliphatic carbocycles. The van der Waals surface area contributed by atoms with Crippen LogP contribution in [0.15, 0.2) is 30.0 Å². The first-order chi connectivity index (χ1) is 10.5. The molecule has 2 rings (SSSR count). The van der Waals surface area contributed by atoms with Gasteiger partial charge in [0.15, 0.2) is 0 Å². The van der Waals surface area contributed by atoms with Crippen LogP contribution in [0.4, 0.5) is 16.2 Å². The molecule has 2 amide bonds. The summed E-state index contributed by atoms with van der Waals surface area (Å²) in [6.45, 7) is 0.420. The molecule has 1 aromatic rings. The van der Waals surface area contributed by atoms with E-state index in [1.165, 1.54) is 14.2 Å². The standard InChI is InChI=1S/C14H15N3O5/c1-21-12(18)6-11(13(19)22-2)16-9-4-3-8-7-15-14(20)17-10(8)5-9/h3-6,16H,7H2,1-2H3,(H2,15,17,20)/b11-6+. The number of urea groups is 1. The zero-order valence-electron chi connectivity index (χ0n) is 12.1. The average molecular weight is 305 g/mol. The van der Waals surface area contributed by atoms with Crippen molar-refractivity contribution in [2.75, 3.05) is 24.9 Å². The van der Waals surface area contributed by atoms with Crippen molar-refractivity contribution in [3.05, 3.63) is 35.5 Å². The second kappa shape index (κ2) is 6.61. The number of hydrogen-bond donors (Lipinski definition) is 3. The Morgan fingerprint density at radius 1 is 1.27 bits per heavy atom. The van der Waals surface area contributed by atoms with Gasteiger partial charge in [0, 0.05) is 17.9 Å². The van der Waals surface area contributed by atoms with Crippen LogP contribution in [0.1, 0.15) is 5.56 Å². The van der Waals surface area contributed by atoms with Crippen LogP contribution in [-0.4, -0.2) is 32.2 Å². The van der Waals surface area contributed by atoms with Gasteiger partial charge in [0.05, 0.1) is 20.3 Å². The highest BCUT2D eigenvalue weighted by Crippen LogP contribution is 2.24. The second-order valence-electron chi connectivity index (χ2n) is 4.38.